The smallest absolute Gasteiger partial charge is 0.213 e. The van der Waals surface area contributed by atoms with Crippen molar-refractivity contribution in [2.45, 2.75) is 62.4 Å². The van der Waals surface area contributed by atoms with E-state index in [2.05, 4.69) is 39.4 Å². The molecule has 5 N–H and O–H groups in total. The topological polar surface area (TPSA) is 97.1 Å². The number of aromatic nitrogens is 2. The monoisotopic (exact) mass is 394 g/mol. The van der Waals surface area contributed by atoms with Gasteiger partial charge in [-0.15, -0.1) is 0 Å². The number of fused-ring (bicyclic) bond motifs is 1. The van der Waals surface area contributed by atoms with Crippen LogP contribution in [0.3, 0.4) is 0 Å². The van der Waals surface area contributed by atoms with E-state index in [-0.39, 0.29) is 18.2 Å². The number of hydrogen-bond acceptors (Lipinski definition) is 7. The summed E-state index contributed by atoms with van der Waals surface area (Å²) in [6.45, 7) is 0.921. The fourth-order valence-electron chi connectivity index (χ4n) is 5.03. The van der Waals surface area contributed by atoms with Gasteiger partial charge in [0.05, 0.1) is 11.7 Å². The number of ether oxygens (including phenoxy) is 1. The fourth-order valence-corrected chi connectivity index (χ4v) is 5.03. The molecule has 3 fully saturated rings. The second-order valence-electron chi connectivity index (χ2n) is 8.59. The zero-order valence-electron chi connectivity index (χ0n) is 16.6. The number of nitrogens with zero attached hydrogens (tertiary/aromatic N) is 2. The largest absolute Gasteiger partial charge is 0.474 e. The van der Waals surface area contributed by atoms with Crippen LogP contribution in [0.25, 0.3) is 0 Å². The Hall–Kier alpha value is -2.06. The Morgan fingerprint density at radius 3 is 2.90 bits per heavy atom. The Morgan fingerprint density at radius 2 is 2.03 bits per heavy atom. The van der Waals surface area contributed by atoms with E-state index < -0.39 is 0 Å². The lowest BCUT2D eigenvalue weighted by Crippen LogP contribution is -2.46. The lowest BCUT2D eigenvalue weighted by Gasteiger charge is -2.34. The van der Waals surface area contributed by atoms with Crippen molar-refractivity contribution in [1.82, 2.24) is 26.1 Å². The third kappa shape index (κ3) is 4.14. The van der Waals surface area contributed by atoms with Crippen LogP contribution in [0.1, 0.15) is 55.4 Å². The maximum atomic E-state index is 6.19. The molecular weight excluding hydrogens is 364 g/mol. The minimum Gasteiger partial charge on any atom is -0.474 e. The summed E-state index contributed by atoms with van der Waals surface area (Å²) in [5.41, 5.74) is 15.3. The van der Waals surface area contributed by atoms with Gasteiger partial charge in [-0.3, -0.25) is 10.4 Å². The first-order valence-corrected chi connectivity index (χ1v) is 10.8. The molecular formula is C22H30N6O. The second-order valence-corrected chi connectivity index (χ2v) is 8.59. The van der Waals surface area contributed by atoms with Crippen LogP contribution in [0.4, 0.5) is 0 Å². The summed E-state index contributed by atoms with van der Waals surface area (Å²) in [6, 6.07) is 11.4. The highest BCUT2D eigenvalue weighted by Gasteiger charge is 2.42. The van der Waals surface area contributed by atoms with Crippen molar-refractivity contribution < 1.29 is 4.74 Å². The van der Waals surface area contributed by atoms with Gasteiger partial charge < -0.3 is 15.8 Å². The van der Waals surface area contributed by atoms with E-state index in [1.165, 1.54) is 5.56 Å². The standard InChI is InChI=1S/C22H30N6O/c23-15-5-1-6-16(10-15)29-21-8-2-7-18(26-21)22-17-11-19(14-4-3-9-24-12-14)25-13-20(17)27-28-22/h2-4,7-9,12,15-17,19-20,22,25,27-28H,1,5-6,10-11,13,23H2/t15-,16+,17?,19?,20?,22?/m0/s1. The molecule has 0 bridgehead atoms. The van der Waals surface area contributed by atoms with Gasteiger partial charge in [0.15, 0.2) is 0 Å². The van der Waals surface area contributed by atoms with E-state index in [0.29, 0.717) is 23.9 Å². The molecule has 2 aromatic heterocycles. The van der Waals surface area contributed by atoms with Crippen molar-refractivity contribution in [3.05, 3.63) is 54.0 Å². The molecule has 2 saturated heterocycles. The number of pyridine rings is 2. The predicted octanol–water partition coefficient (Wildman–Crippen LogP) is 1.99. The lowest BCUT2D eigenvalue weighted by molar-refractivity contribution is 0.138. The number of piperidine rings is 1. The van der Waals surface area contributed by atoms with Crippen molar-refractivity contribution in [3.8, 4) is 5.88 Å². The van der Waals surface area contributed by atoms with Gasteiger partial charge in [-0.2, -0.15) is 0 Å². The van der Waals surface area contributed by atoms with Crippen molar-refractivity contribution in [2.24, 2.45) is 11.7 Å². The van der Waals surface area contributed by atoms with Gasteiger partial charge in [-0.1, -0.05) is 12.1 Å². The number of hydrazine groups is 1. The average Bonchev–Trinajstić information content (AvgIpc) is 3.18. The van der Waals surface area contributed by atoms with Crippen LogP contribution >= 0.6 is 0 Å². The summed E-state index contributed by atoms with van der Waals surface area (Å²) in [6.07, 6.45) is 9.20. The summed E-state index contributed by atoms with van der Waals surface area (Å²) in [5.74, 6) is 1.16. The van der Waals surface area contributed by atoms with Gasteiger partial charge in [0, 0.05) is 49.0 Å². The molecule has 0 radical (unpaired) electrons. The number of rotatable bonds is 4. The third-order valence-electron chi connectivity index (χ3n) is 6.57. The molecule has 154 valence electrons. The first-order valence-electron chi connectivity index (χ1n) is 10.8. The van der Waals surface area contributed by atoms with Crippen LogP contribution in [0.2, 0.25) is 0 Å². The quantitative estimate of drug-likeness (QED) is 0.630. The van der Waals surface area contributed by atoms with Crippen LogP contribution in [0, 0.1) is 5.92 Å². The molecule has 4 unspecified atom stereocenters. The highest BCUT2D eigenvalue weighted by molar-refractivity contribution is 5.23. The maximum Gasteiger partial charge on any atom is 0.213 e. The van der Waals surface area contributed by atoms with Gasteiger partial charge in [0.2, 0.25) is 5.88 Å². The second kappa shape index (κ2) is 8.36. The SMILES string of the molecule is N[C@H]1CCC[C@@H](Oc2cccc(C3NNC4CNC(c5cccnc5)CC43)n2)C1. The molecule has 1 saturated carbocycles. The zero-order chi connectivity index (χ0) is 19.6. The molecule has 2 aromatic rings. The Balaban J connectivity index is 1.30. The third-order valence-corrected chi connectivity index (χ3v) is 6.57. The highest BCUT2D eigenvalue weighted by Crippen LogP contribution is 2.38. The van der Waals surface area contributed by atoms with Crippen LogP contribution in [0.5, 0.6) is 5.88 Å². The van der Waals surface area contributed by atoms with Gasteiger partial charge in [-0.05, 0) is 49.8 Å². The van der Waals surface area contributed by atoms with Crippen LogP contribution in [-0.4, -0.2) is 34.7 Å². The molecule has 3 aliphatic rings. The van der Waals surface area contributed by atoms with Crippen LogP contribution in [0.15, 0.2) is 42.7 Å². The minimum absolute atomic E-state index is 0.165. The van der Waals surface area contributed by atoms with E-state index in [0.717, 1.165) is 44.3 Å². The number of nitrogens with two attached hydrogens (primary N) is 1. The molecule has 5 rings (SSSR count). The Kier molecular flexibility index (Phi) is 5.46. The molecule has 0 spiro atoms. The maximum absolute atomic E-state index is 6.19. The van der Waals surface area contributed by atoms with Crippen molar-refractivity contribution in [1.29, 1.82) is 0 Å². The van der Waals surface area contributed by atoms with Crippen LogP contribution in [-0.2, 0) is 0 Å². The van der Waals surface area contributed by atoms with Gasteiger partial charge in [0.25, 0.3) is 0 Å². The molecule has 7 heteroatoms. The molecule has 4 heterocycles. The molecule has 29 heavy (non-hydrogen) atoms. The molecule has 0 aromatic carbocycles. The van der Waals surface area contributed by atoms with E-state index in [9.17, 15) is 0 Å². The fraction of sp³-hybridized carbons (Fsp3) is 0.545. The predicted molar refractivity (Wildman–Crippen MR) is 111 cm³/mol. The van der Waals surface area contributed by atoms with Gasteiger partial charge in [-0.25, -0.2) is 10.4 Å². The summed E-state index contributed by atoms with van der Waals surface area (Å²) in [5, 5.41) is 3.65. The average molecular weight is 395 g/mol. The Bertz CT molecular complexity index is 818. The Morgan fingerprint density at radius 1 is 1.07 bits per heavy atom. The minimum atomic E-state index is 0.165. The van der Waals surface area contributed by atoms with Crippen LogP contribution < -0.4 is 26.6 Å². The first kappa shape index (κ1) is 18.9. The van der Waals surface area contributed by atoms with E-state index in [1.54, 1.807) is 0 Å². The number of hydrogen-bond donors (Lipinski definition) is 4. The lowest BCUT2D eigenvalue weighted by atomic mass is 9.81. The molecule has 0 amide bonds. The molecule has 1 aliphatic carbocycles. The first-order chi connectivity index (χ1) is 14.3. The van der Waals surface area contributed by atoms with Crippen molar-refractivity contribution >= 4 is 0 Å². The summed E-state index contributed by atoms with van der Waals surface area (Å²) >= 11 is 0. The molecule has 6 atom stereocenters. The Labute approximate surface area is 171 Å². The summed E-state index contributed by atoms with van der Waals surface area (Å²) < 4.78 is 6.19. The highest BCUT2D eigenvalue weighted by atomic mass is 16.5. The van der Waals surface area contributed by atoms with Gasteiger partial charge >= 0.3 is 0 Å². The van der Waals surface area contributed by atoms with Crippen molar-refractivity contribution in [2.75, 3.05) is 6.54 Å². The normalized spacial score (nSPS) is 34.5. The zero-order valence-corrected chi connectivity index (χ0v) is 16.6. The van der Waals surface area contributed by atoms with E-state index in [4.69, 9.17) is 15.5 Å². The van der Waals surface area contributed by atoms with Crippen molar-refractivity contribution in [3.63, 3.8) is 0 Å². The van der Waals surface area contributed by atoms with E-state index in [1.807, 2.05) is 24.5 Å². The molecule has 7 nitrogen and oxygen atoms in total. The summed E-state index contributed by atoms with van der Waals surface area (Å²) in [7, 11) is 0. The van der Waals surface area contributed by atoms with Gasteiger partial charge in [0.1, 0.15) is 6.10 Å². The summed E-state index contributed by atoms with van der Waals surface area (Å²) in [4.78, 5) is 9.15. The molecule has 2 aliphatic heterocycles. The number of nitrogens with one attached hydrogen (secondary N) is 3. The van der Waals surface area contributed by atoms with E-state index >= 15 is 0 Å².